The Hall–Kier alpha value is -0.830. The summed E-state index contributed by atoms with van der Waals surface area (Å²) < 4.78 is 10.3. The summed E-state index contributed by atoms with van der Waals surface area (Å²) in [5.74, 6) is 1.64. The Morgan fingerprint density at radius 1 is 1.27 bits per heavy atom. The highest BCUT2D eigenvalue weighted by Gasteiger charge is 2.12. The van der Waals surface area contributed by atoms with Crippen LogP contribution in [0.15, 0.2) is 23.1 Å². The van der Waals surface area contributed by atoms with Gasteiger partial charge in [-0.05, 0) is 18.2 Å². The van der Waals surface area contributed by atoms with Crippen molar-refractivity contribution >= 4 is 11.8 Å². The Morgan fingerprint density at radius 3 is 2.91 bits per heavy atom. The summed E-state index contributed by atoms with van der Waals surface area (Å²) in [6.45, 7) is 0.334. The second kappa shape index (κ2) is 2.66. The van der Waals surface area contributed by atoms with Gasteiger partial charge in [0, 0.05) is 11.2 Å². The lowest BCUT2D eigenvalue weighted by Gasteiger charge is -1.97. The second-order valence-corrected chi connectivity index (χ2v) is 2.92. The lowest BCUT2D eigenvalue weighted by Crippen LogP contribution is -1.92. The fourth-order valence-corrected chi connectivity index (χ4v) is 1.32. The molecular weight excluding hydrogens is 160 g/mol. The van der Waals surface area contributed by atoms with Crippen LogP contribution in [0.25, 0.3) is 0 Å². The van der Waals surface area contributed by atoms with Gasteiger partial charge in [0.1, 0.15) is 0 Å². The zero-order chi connectivity index (χ0) is 7.68. The Kier molecular flexibility index (Phi) is 1.66. The lowest BCUT2D eigenvalue weighted by molar-refractivity contribution is 0.174. The summed E-state index contributed by atoms with van der Waals surface area (Å²) in [6, 6.07) is 5.79. The van der Waals surface area contributed by atoms with Gasteiger partial charge in [0.2, 0.25) is 6.79 Å². The number of rotatable bonds is 1. The fraction of sp³-hybridized carbons (Fsp3) is 0.125. The van der Waals surface area contributed by atoms with E-state index in [-0.39, 0.29) is 0 Å². The number of ether oxygens (including phenoxy) is 2. The predicted molar refractivity (Wildman–Crippen MR) is 43.8 cm³/mol. The van der Waals surface area contributed by atoms with E-state index in [1.807, 2.05) is 18.2 Å². The largest absolute Gasteiger partial charge is 0.454 e. The van der Waals surface area contributed by atoms with Crippen molar-refractivity contribution in [3.8, 4) is 11.5 Å². The van der Waals surface area contributed by atoms with E-state index >= 15 is 0 Å². The molecule has 1 aromatic rings. The highest BCUT2D eigenvalue weighted by atomic mass is 32.2. The molecule has 0 atom stereocenters. The normalized spacial score (nSPS) is 13.5. The van der Waals surface area contributed by atoms with Gasteiger partial charge < -0.3 is 9.47 Å². The topological polar surface area (TPSA) is 18.5 Å². The molecule has 0 unspecified atom stereocenters. The van der Waals surface area contributed by atoms with E-state index < -0.39 is 0 Å². The highest BCUT2D eigenvalue weighted by molar-refractivity contribution is 8.00. The molecule has 0 amide bonds. The van der Waals surface area contributed by atoms with Crippen LogP contribution in [0.1, 0.15) is 0 Å². The summed E-state index contributed by atoms with van der Waals surface area (Å²) in [5, 5.41) is 0. The van der Waals surface area contributed by atoms with Gasteiger partial charge >= 0.3 is 0 Å². The van der Waals surface area contributed by atoms with Crippen LogP contribution in [-0.2, 0) is 0 Å². The first-order chi connectivity index (χ1) is 5.40. The van der Waals surface area contributed by atoms with Crippen molar-refractivity contribution in [2.24, 2.45) is 0 Å². The molecular formula is C8H7O2S. The molecule has 0 fully saturated rings. The van der Waals surface area contributed by atoms with Crippen LogP contribution in [0, 0.1) is 6.26 Å². The molecule has 0 spiro atoms. The van der Waals surface area contributed by atoms with Crippen LogP contribution in [0.5, 0.6) is 11.5 Å². The van der Waals surface area contributed by atoms with Crippen LogP contribution >= 0.6 is 11.8 Å². The fourth-order valence-electron chi connectivity index (χ4n) is 0.967. The second-order valence-electron chi connectivity index (χ2n) is 2.16. The first kappa shape index (κ1) is 6.85. The minimum atomic E-state index is 0.334. The van der Waals surface area contributed by atoms with E-state index in [4.69, 9.17) is 9.47 Å². The average molecular weight is 167 g/mol. The molecule has 57 valence electrons. The number of benzene rings is 1. The number of hydrogen-bond acceptors (Lipinski definition) is 3. The van der Waals surface area contributed by atoms with E-state index in [9.17, 15) is 0 Å². The van der Waals surface area contributed by atoms with Gasteiger partial charge in [0.25, 0.3) is 0 Å². The van der Waals surface area contributed by atoms with Crippen molar-refractivity contribution in [2.75, 3.05) is 6.79 Å². The molecule has 0 saturated heterocycles. The van der Waals surface area contributed by atoms with E-state index in [0.29, 0.717) is 6.79 Å². The molecule has 0 aliphatic carbocycles. The van der Waals surface area contributed by atoms with Crippen molar-refractivity contribution in [3.05, 3.63) is 24.5 Å². The van der Waals surface area contributed by atoms with Crippen molar-refractivity contribution < 1.29 is 9.47 Å². The summed E-state index contributed by atoms with van der Waals surface area (Å²) in [5.41, 5.74) is 0. The Labute approximate surface area is 69.5 Å². The van der Waals surface area contributed by atoms with Crippen LogP contribution < -0.4 is 9.47 Å². The molecule has 0 saturated carbocycles. The van der Waals surface area contributed by atoms with Gasteiger partial charge in [-0.25, -0.2) is 0 Å². The van der Waals surface area contributed by atoms with Gasteiger partial charge in [-0.3, -0.25) is 0 Å². The van der Waals surface area contributed by atoms with Crippen molar-refractivity contribution in [3.63, 3.8) is 0 Å². The quantitative estimate of drug-likeness (QED) is 0.598. The van der Waals surface area contributed by atoms with Crippen LogP contribution in [0.4, 0.5) is 0 Å². The maximum absolute atomic E-state index is 5.18. The minimum Gasteiger partial charge on any atom is -0.454 e. The van der Waals surface area contributed by atoms with Gasteiger partial charge in [-0.1, -0.05) is 0 Å². The molecule has 1 aromatic carbocycles. The van der Waals surface area contributed by atoms with Crippen molar-refractivity contribution in [1.29, 1.82) is 0 Å². The summed E-state index contributed by atoms with van der Waals surface area (Å²) >= 11 is 1.45. The summed E-state index contributed by atoms with van der Waals surface area (Å²) in [6.07, 6.45) is 3.70. The first-order valence-electron chi connectivity index (χ1n) is 3.22. The zero-order valence-corrected chi connectivity index (χ0v) is 6.69. The van der Waals surface area contributed by atoms with Crippen LogP contribution in [0.3, 0.4) is 0 Å². The van der Waals surface area contributed by atoms with Gasteiger partial charge in [-0.2, -0.15) is 0 Å². The van der Waals surface area contributed by atoms with E-state index in [1.54, 1.807) is 0 Å². The zero-order valence-electron chi connectivity index (χ0n) is 5.87. The van der Waals surface area contributed by atoms with Crippen LogP contribution in [0.2, 0.25) is 0 Å². The van der Waals surface area contributed by atoms with Gasteiger partial charge in [0.15, 0.2) is 11.5 Å². The average Bonchev–Trinajstić information content (AvgIpc) is 2.50. The smallest absolute Gasteiger partial charge is 0.231 e. The summed E-state index contributed by atoms with van der Waals surface area (Å²) in [4.78, 5) is 1.09. The van der Waals surface area contributed by atoms with Gasteiger partial charge in [-0.15, -0.1) is 11.8 Å². The third-order valence-electron chi connectivity index (χ3n) is 1.51. The molecule has 1 radical (unpaired) electrons. The summed E-state index contributed by atoms with van der Waals surface area (Å²) in [7, 11) is 0. The number of thioether (sulfide) groups is 1. The SMILES string of the molecule is [CH2]Sc1ccc2c(c1)OCO2. The Morgan fingerprint density at radius 2 is 2.09 bits per heavy atom. The molecule has 1 heterocycles. The molecule has 0 bridgehead atoms. The maximum Gasteiger partial charge on any atom is 0.231 e. The first-order valence-corrected chi connectivity index (χ1v) is 4.20. The molecule has 1 aliphatic rings. The highest BCUT2D eigenvalue weighted by Crippen LogP contribution is 2.35. The minimum absolute atomic E-state index is 0.334. The molecule has 0 N–H and O–H groups in total. The third-order valence-corrected chi connectivity index (χ3v) is 2.10. The number of hydrogen-bond donors (Lipinski definition) is 0. The molecule has 2 nitrogen and oxygen atoms in total. The Balaban J connectivity index is 2.41. The van der Waals surface area contributed by atoms with Crippen molar-refractivity contribution in [2.45, 2.75) is 4.90 Å². The van der Waals surface area contributed by atoms with Crippen molar-refractivity contribution in [1.82, 2.24) is 0 Å². The molecule has 0 aromatic heterocycles. The lowest BCUT2D eigenvalue weighted by atomic mass is 10.3. The van der Waals surface area contributed by atoms with E-state index in [0.717, 1.165) is 16.4 Å². The third kappa shape index (κ3) is 1.16. The molecule has 1 aliphatic heterocycles. The van der Waals surface area contributed by atoms with Gasteiger partial charge in [0.05, 0.1) is 0 Å². The number of fused-ring (bicyclic) bond motifs is 1. The van der Waals surface area contributed by atoms with Crippen LogP contribution in [-0.4, -0.2) is 6.79 Å². The molecule has 11 heavy (non-hydrogen) atoms. The molecule has 3 heteroatoms. The predicted octanol–water partition coefficient (Wildman–Crippen LogP) is 2.30. The molecule has 2 rings (SSSR count). The van der Waals surface area contributed by atoms with E-state index in [2.05, 4.69) is 6.26 Å². The standard InChI is InChI=1S/C8H7O2S/c1-11-6-2-3-7-8(4-6)10-5-9-7/h2-4H,1,5H2. The van der Waals surface area contributed by atoms with E-state index in [1.165, 1.54) is 11.8 Å². The maximum atomic E-state index is 5.18. The Bertz CT molecular complexity index is 273. The monoisotopic (exact) mass is 167 g/mol.